The van der Waals surface area contributed by atoms with E-state index in [1.54, 1.807) is 0 Å². The quantitative estimate of drug-likeness (QED) is 0.820. The number of hydrogen-bond acceptors (Lipinski definition) is 5. The number of rotatable bonds is 4. The molecule has 7 heteroatoms. The van der Waals surface area contributed by atoms with Crippen LogP contribution in [0.3, 0.4) is 0 Å². The molecule has 1 aliphatic heterocycles. The van der Waals surface area contributed by atoms with E-state index in [1.807, 2.05) is 0 Å². The molecule has 2 aliphatic rings. The summed E-state index contributed by atoms with van der Waals surface area (Å²) in [6.07, 6.45) is 7.24. The average Bonchev–Trinajstić information content (AvgIpc) is 3.03. The van der Waals surface area contributed by atoms with Crippen molar-refractivity contribution in [2.75, 3.05) is 39.8 Å². The Kier molecular flexibility index (Phi) is 4.77. The standard InChI is InChI=1S/C16H25N5O2/c1-20-6-8-21(9-7-20)16(4-2-3-5-16)12-18-15(23)13-10-17-11-14(22)19-13/h10-11H,2-9,12H2,1H3,(H,18,23)(H,19,22). The topological polar surface area (TPSA) is 81.3 Å². The Morgan fingerprint density at radius 1 is 1.26 bits per heavy atom. The number of carbonyl (C=O) groups excluding carboxylic acids is 1. The first-order valence-corrected chi connectivity index (χ1v) is 8.35. The molecule has 0 unspecified atom stereocenters. The highest BCUT2D eigenvalue weighted by molar-refractivity contribution is 5.91. The number of H-pyrrole nitrogens is 1. The van der Waals surface area contributed by atoms with Gasteiger partial charge in [0, 0.05) is 38.3 Å². The molecule has 1 saturated heterocycles. The predicted octanol–water partition coefficient (Wildman–Crippen LogP) is 0.0599. The smallest absolute Gasteiger partial charge is 0.269 e. The highest BCUT2D eigenvalue weighted by Gasteiger charge is 2.40. The van der Waals surface area contributed by atoms with Crippen molar-refractivity contribution in [2.45, 2.75) is 31.2 Å². The molecule has 1 saturated carbocycles. The molecule has 0 aromatic carbocycles. The van der Waals surface area contributed by atoms with Crippen LogP contribution in [0.1, 0.15) is 36.2 Å². The molecule has 126 valence electrons. The van der Waals surface area contributed by atoms with Crippen LogP contribution in [-0.2, 0) is 0 Å². The summed E-state index contributed by atoms with van der Waals surface area (Å²) in [7, 11) is 2.15. The maximum atomic E-state index is 12.3. The Morgan fingerprint density at radius 3 is 2.61 bits per heavy atom. The Labute approximate surface area is 136 Å². The maximum Gasteiger partial charge on any atom is 0.269 e. The van der Waals surface area contributed by atoms with Gasteiger partial charge in [0.1, 0.15) is 5.69 Å². The van der Waals surface area contributed by atoms with Crippen molar-refractivity contribution in [3.63, 3.8) is 0 Å². The molecule has 7 nitrogen and oxygen atoms in total. The monoisotopic (exact) mass is 319 g/mol. The van der Waals surface area contributed by atoms with Gasteiger partial charge in [-0.2, -0.15) is 0 Å². The highest BCUT2D eigenvalue weighted by atomic mass is 16.2. The van der Waals surface area contributed by atoms with Crippen LogP contribution in [0.25, 0.3) is 0 Å². The van der Waals surface area contributed by atoms with Gasteiger partial charge in [0.15, 0.2) is 0 Å². The van der Waals surface area contributed by atoms with Crippen LogP contribution in [0.4, 0.5) is 0 Å². The second-order valence-electron chi connectivity index (χ2n) is 6.71. The van der Waals surface area contributed by atoms with Gasteiger partial charge in [-0.25, -0.2) is 0 Å². The number of piperazine rings is 1. The zero-order valence-electron chi connectivity index (χ0n) is 13.7. The molecule has 2 heterocycles. The van der Waals surface area contributed by atoms with Crippen molar-refractivity contribution in [1.29, 1.82) is 0 Å². The summed E-state index contributed by atoms with van der Waals surface area (Å²) in [5.41, 5.74) is -0.0595. The lowest BCUT2D eigenvalue weighted by Gasteiger charge is -2.45. The molecular weight excluding hydrogens is 294 g/mol. The van der Waals surface area contributed by atoms with E-state index in [1.165, 1.54) is 25.2 Å². The van der Waals surface area contributed by atoms with E-state index in [-0.39, 0.29) is 22.7 Å². The van der Waals surface area contributed by atoms with Crippen molar-refractivity contribution >= 4 is 5.91 Å². The Bertz CT molecular complexity index is 600. The first kappa shape index (κ1) is 16.1. The average molecular weight is 319 g/mol. The number of hydrogen-bond donors (Lipinski definition) is 2. The van der Waals surface area contributed by atoms with Gasteiger partial charge in [-0.3, -0.25) is 19.5 Å². The Morgan fingerprint density at radius 2 is 1.96 bits per heavy atom. The third kappa shape index (κ3) is 3.61. The van der Waals surface area contributed by atoms with Gasteiger partial charge in [0.25, 0.3) is 11.5 Å². The molecule has 0 atom stereocenters. The summed E-state index contributed by atoms with van der Waals surface area (Å²) in [5.74, 6) is -0.254. The number of carbonyl (C=O) groups is 1. The van der Waals surface area contributed by atoms with E-state index in [9.17, 15) is 9.59 Å². The summed E-state index contributed by atoms with van der Waals surface area (Å²) in [4.78, 5) is 34.8. The molecule has 1 aliphatic carbocycles. The van der Waals surface area contributed by atoms with Crippen molar-refractivity contribution in [3.05, 3.63) is 28.4 Å². The van der Waals surface area contributed by atoms with Gasteiger partial charge in [0.05, 0.1) is 12.4 Å². The minimum atomic E-state index is -0.354. The fourth-order valence-electron chi connectivity index (χ4n) is 3.75. The second kappa shape index (κ2) is 6.80. The second-order valence-corrected chi connectivity index (χ2v) is 6.71. The lowest BCUT2D eigenvalue weighted by Crippen LogP contribution is -2.59. The molecule has 0 bridgehead atoms. The van der Waals surface area contributed by atoms with E-state index in [0.29, 0.717) is 6.54 Å². The maximum absolute atomic E-state index is 12.3. The van der Waals surface area contributed by atoms with E-state index in [4.69, 9.17) is 0 Å². The lowest BCUT2D eigenvalue weighted by molar-refractivity contribution is 0.0414. The van der Waals surface area contributed by atoms with Gasteiger partial charge in [-0.15, -0.1) is 0 Å². The van der Waals surface area contributed by atoms with Gasteiger partial charge >= 0.3 is 0 Å². The lowest BCUT2D eigenvalue weighted by atomic mass is 9.93. The van der Waals surface area contributed by atoms with Crippen LogP contribution >= 0.6 is 0 Å². The van der Waals surface area contributed by atoms with Crippen LogP contribution in [0.2, 0.25) is 0 Å². The molecule has 23 heavy (non-hydrogen) atoms. The number of nitrogens with one attached hydrogen (secondary N) is 2. The van der Waals surface area contributed by atoms with Crippen LogP contribution in [0.15, 0.2) is 17.2 Å². The first-order valence-electron chi connectivity index (χ1n) is 8.35. The molecule has 1 amide bonds. The van der Waals surface area contributed by atoms with Gasteiger partial charge < -0.3 is 15.2 Å². The number of amides is 1. The molecule has 3 rings (SSSR count). The summed E-state index contributed by atoms with van der Waals surface area (Å²) < 4.78 is 0. The van der Waals surface area contributed by atoms with E-state index >= 15 is 0 Å². The largest absolute Gasteiger partial charge is 0.349 e. The Balaban J connectivity index is 1.66. The Hall–Kier alpha value is -1.73. The van der Waals surface area contributed by atoms with Crippen molar-refractivity contribution in [2.24, 2.45) is 0 Å². The zero-order valence-corrected chi connectivity index (χ0v) is 13.7. The summed E-state index contributed by atoms with van der Waals surface area (Å²) in [5, 5.41) is 3.01. The molecule has 2 N–H and O–H groups in total. The van der Waals surface area contributed by atoms with Crippen molar-refractivity contribution < 1.29 is 4.79 Å². The minimum Gasteiger partial charge on any atom is -0.349 e. The van der Waals surface area contributed by atoms with E-state index in [0.717, 1.165) is 39.0 Å². The predicted molar refractivity (Wildman–Crippen MR) is 87.5 cm³/mol. The third-order valence-electron chi connectivity index (χ3n) is 5.18. The molecule has 0 spiro atoms. The van der Waals surface area contributed by atoms with Gasteiger partial charge in [0.2, 0.25) is 0 Å². The third-order valence-corrected chi connectivity index (χ3v) is 5.18. The highest BCUT2D eigenvalue weighted by Crippen LogP contribution is 2.35. The van der Waals surface area contributed by atoms with Crippen LogP contribution in [0, 0.1) is 0 Å². The van der Waals surface area contributed by atoms with Crippen LogP contribution in [-0.4, -0.2) is 71.0 Å². The normalized spacial score (nSPS) is 22.1. The van der Waals surface area contributed by atoms with Crippen LogP contribution in [0.5, 0.6) is 0 Å². The molecular formula is C16H25N5O2. The summed E-state index contributed by atoms with van der Waals surface area (Å²) >= 11 is 0. The SMILES string of the molecule is CN1CCN(C2(CNC(=O)c3cncc(=O)[nH]3)CCCC2)CC1. The van der Waals surface area contributed by atoms with E-state index in [2.05, 4.69) is 32.1 Å². The minimum absolute atomic E-state index is 0.0689. The fourth-order valence-corrected chi connectivity index (χ4v) is 3.75. The number of aromatic amines is 1. The number of nitrogens with zero attached hydrogens (tertiary/aromatic N) is 3. The summed E-state index contributed by atoms with van der Waals surface area (Å²) in [6.45, 7) is 4.88. The summed E-state index contributed by atoms with van der Waals surface area (Å²) in [6, 6.07) is 0. The van der Waals surface area contributed by atoms with Crippen molar-refractivity contribution in [1.82, 2.24) is 25.1 Å². The number of aromatic nitrogens is 2. The van der Waals surface area contributed by atoms with Crippen LogP contribution < -0.4 is 10.9 Å². The first-order chi connectivity index (χ1) is 11.1. The zero-order chi connectivity index (χ0) is 16.3. The molecule has 1 aromatic heterocycles. The molecule has 2 fully saturated rings. The molecule has 0 radical (unpaired) electrons. The molecule has 1 aromatic rings. The van der Waals surface area contributed by atoms with Gasteiger partial charge in [-0.05, 0) is 19.9 Å². The number of likely N-dealkylation sites (N-methyl/N-ethyl adjacent to an activating group) is 1. The fraction of sp³-hybridized carbons (Fsp3) is 0.688. The van der Waals surface area contributed by atoms with Crippen molar-refractivity contribution in [3.8, 4) is 0 Å². The van der Waals surface area contributed by atoms with E-state index < -0.39 is 0 Å². The van der Waals surface area contributed by atoms with Gasteiger partial charge in [-0.1, -0.05) is 12.8 Å².